The first-order valence-corrected chi connectivity index (χ1v) is 23.3. The number of halogens is 1. The number of aliphatic carboxylic acids is 1. The maximum Gasteiger partial charge on any atom is 0.345 e. The number of benzene rings is 3. The SMILES string of the molecule is Cc1c(-c2c(C3CCC3)ncc3snc(OC(Cc4ccccc4OCc4ccnc(-c5cccc(S(C)(=O)=O)c5)n4)C(=O)O)c23)ccc(OCCN2CCN(C)CC2)c1Cl. The van der Waals surface area contributed by atoms with Gasteiger partial charge in [-0.1, -0.05) is 54.4 Å². The lowest BCUT2D eigenvalue weighted by Crippen LogP contribution is -2.45. The fourth-order valence-corrected chi connectivity index (χ4v) is 9.21. The Morgan fingerprint density at radius 3 is 2.56 bits per heavy atom. The standard InChI is InChI=1S/C45H47ClN6O7S2/c1-28-34(14-15-36(41(28)46)57-23-22-52-20-18-51(2)19-21-52)39-40-38(26-48-42(39)29-9-6-10-29)60-50-44(40)59-37(45(53)54)25-30-8-4-5-13-35(30)58-27-32-16-17-47-43(49-32)31-11-7-12-33(24-31)61(3,55)56/h4-5,7-8,11-17,24,26,29,37H,6,9-10,18-23,25,27H2,1-3H3,(H,53,54). The Morgan fingerprint density at radius 1 is 1.00 bits per heavy atom. The van der Waals surface area contributed by atoms with E-state index in [0.29, 0.717) is 51.2 Å². The second-order valence-corrected chi connectivity index (χ2v) is 18.8. The highest BCUT2D eigenvalue weighted by atomic mass is 35.5. The van der Waals surface area contributed by atoms with Gasteiger partial charge in [-0.15, -0.1) is 0 Å². The van der Waals surface area contributed by atoms with E-state index < -0.39 is 21.9 Å². The van der Waals surface area contributed by atoms with Gasteiger partial charge in [-0.2, -0.15) is 4.37 Å². The third-order valence-corrected chi connectivity index (χ3v) is 13.7. The molecule has 1 N–H and O–H groups in total. The average Bonchev–Trinajstić information content (AvgIpc) is 3.64. The zero-order chi connectivity index (χ0) is 42.7. The molecule has 0 spiro atoms. The Balaban J connectivity index is 1.03. The van der Waals surface area contributed by atoms with Crippen LogP contribution in [0.3, 0.4) is 0 Å². The molecule has 1 saturated heterocycles. The van der Waals surface area contributed by atoms with Crippen LogP contribution in [0.2, 0.25) is 5.02 Å². The lowest BCUT2D eigenvalue weighted by molar-refractivity contribution is -0.145. The second-order valence-electron chi connectivity index (χ2n) is 15.6. The number of sulfone groups is 1. The highest BCUT2D eigenvalue weighted by Crippen LogP contribution is 2.48. The van der Waals surface area contributed by atoms with E-state index in [2.05, 4.69) is 31.2 Å². The summed E-state index contributed by atoms with van der Waals surface area (Å²) in [7, 11) is -1.28. The van der Waals surface area contributed by atoms with Crippen molar-refractivity contribution in [1.29, 1.82) is 0 Å². The van der Waals surface area contributed by atoms with E-state index in [1.54, 1.807) is 36.5 Å². The molecule has 1 atom stereocenters. The van der Waals surface area contributed by atoms with Crippen molar-refractivity contribution in [2.75, 3.05) is 52.6 Å². The summed E-state index contributed by atoms with van der Waals surface area (Å²) in [6, 6.07) is 19.3. The Bertz CT molecular complexity index is 2670. The highest BCUT2D eigenvalue weighted by molar-refractivity contribution is 7.90. The summed E-state index contributed by atoms with van der Waals surface area (Å²) in [6.45, 7) is 7.46. The maximum atomic E-state index is 12.9. The Kier molecular flexibility index (Phi) is 12.8. The van der Waals surface area contributed by atoms with Gasteiger partial charge >= 0.3 is 5.97 Å². The molecule has 3 aromatic carbocycles. The van der Waals surface area contributed by atoms with E-state index >= 15 is 0 Å². The molecule has 8 rings (SSSR count). The normalized spacial score (nSPS) is 15.7. The van der Waals surface area contributed by atoms with E-state index in [9.17, 15) is 18.3 Å². The quantitative estimate of drug-likeness (QED) is 0.101. The fourth-order valence-electron chi connectivity index (χ4n) is 7.63. The maximum absolute atomic E-state index is 12.9. The first-order valence-electron chi connectivity index (χ1n) is 20.3. The molecule has 4 heterocycles. The molecule has 3 aromatic heterocycles. The summed E-state index contributed by atoms with van der Waals surface area (Å²) >= 11 is 8.27. The van der Waals surface area contributed by atoms with Gasteiger partial charge in [0.2, 0.25) is 12.0 Å². The minimum atomic E-state index is -3.42. The molecule has 2 fully saturated rings. The Morgan fingerprint density at radius 2 is 1.80 bits per heavy atom. The van der Waals surface area contributed by atoms with Gasteiger partial charge in [-0.25, -0.2) is 23.2 Å². The van der Waals surface area contributed by atoms with Gasteiger partial charge in [0, 0.05) is 74.8 Å². The molecule has 16 heteroatoms. The minimum Gasteiger partial charge on any atom is -0.491 e. The molecular weight excluding hydrogens is 836 g/mol. The number of hydrogen-bond donors (Lipinski definition) is 1. The molecule has 1 aliphatic carbocycles. The number of piperazine rings is 1. The molecule has 0 radical (unpaired) electrons. The van der Waals surface area contributed by atoms with Crippen molar-refractivity contribution in [1.82, 2.24) is 29.1 Å². The number of carbonyl (C=O) groups is 1. The van der Waals surface area contributed by atoms with E-state index in [1.165, 1.54) is 23.7 Å². The fraction of sp³-hybridized carbons (Fsp3) is 0.356. The van der Waals surface area contributed by atoms with Gasteiger partial charge < -0.3 is 24.2 Å². The number of nitrogens with zero attached hydrogens (tertiary/aromatic N) is 6. The molecule has 1 saturated carbocycles. The smallest absolute Gasteiger partial charge is 0.345 e. The summed E-state index contributed by atoms with van der Waals surface area (Å²) in [4.78, 5) is 31.8. The van der Waals surface area contributed by atoms with Crippen molar-refractivity contribution < 1.29 is 32.5 Å². The summed E-state index contributed by atoms with van der Waals surface area (Å²) in [5.41, 5.74) is 5.22. The van der Waals surface area contributed by atoms with Crippen LogP contribution in [-0.2, 0) is 27.7 Å². The minimum absolute atomic E-state index is 0.0151. The van der Waals surface area contributed by atoms with Crippen LogP contribution in [0.15, 0.2) is 84.0 Å². The van der Waals surface area contributed by atoms with Gasteiger partial charge in [0.1, 0.15) is 24.7 Å². The van der Waals surface area contributed by atoms with Gasteiger partial charge in [0.05, 0.1) is 31.4 Å². The van der Waals surface area contributed by atoms with Crippen LogP contribution >= 0.6 is 23.1 Å². The topological polar surface area (TPSA) is 157 Å². The lowest BCUT2D eigenvalue weighted by atomic mass is 9.79. The zero-order valence-corrected chi connectivity index (χ0v) is 36.6. The van der Waals surface area contributed by atoms with Crippen molar-refractivity contribution in [3.63, 3.8) is 0 Å². The summed E-state index contributed by atoms with van der Waals surface area (Å²) in [5.74, 6) is 0.748. The molecule has 2 aliphatic rings. The first kappa shape index (κ1) is 42.5. The third kappa shape index (κ3) is 9.66. The van der Waals surface area contributed by atoms with Crippen LogP contribution in [0, 0.1) is 6.92 Å². The lowest BCUT2D eigenvalue weighted by Gasteiger charge is -2.32. The zero-order valence-electron chi connectivity index (χ0n) is 34.2. The number of aromatic nitrogens is 4. The van der Waals surface area contributed by atoms with Crippen LogP contribution in [0.25, 0.3) is 32.6 Å². The molecular formula is C45H47ClN6O7S2. The van der Waals surface area contributed by atoms with E-state index in [1.807, 2.05) is 37.4 Å². The van der Waals surface area contributed by atoms with E-state index in [-0.39, 0.29) is 29.7 Å². The van der Waals surface area contributed by atoms with Gasteiger partial charge in [0.15, 0.2) is 15.7 Å². The van der Waals surface area contributed by atoms with Crippen molar-refractivity contribution in [2.45, 2.75) is 56.1 Å². The molecule has 0 bridgehead atoms. The largest absolute Gasteiger partial charge is 0.491 e. The van der Waals surface area contributed by atoms with Crippen LogP contribution in [0.1, 0.15) is 47.7 Å². The highest BCUT2D eigenvalue weighted by Gasteiger charge is 2.31. The number of carboxylic acids is 1. The van der Waals surface area contributed by atoms with Crippen molar-refractivity contribution >= 4 is 49.0 Å². The molecule has 6 aromatic rings. The van der Waals surface area contributed by atoms with Crippen LogP contribution in [0.4, 0.5) is 0 Å². The molecule has 61 heavy (non-hydrogen) atoms. The molecule has 0 amide bonds. The second kappa shape index (κ2) is 18.4. The third-order valence-electron chi connectivity index (χ3n) is 11.4. The number of carboxylic acid groups (broad SMARTS) is 1. The van der Waals surface area contributed by atoms with Crippen molar-refractivity contribution in [2.24, 2.45) is 0 Å². The summed E-state index contributed by atoms with van der Waals surface area (Å²) < 4.78 is 48.6. The molecule has 13 nitrogen and oxygen atoms in total. The van der Waals surface area contributed by atoms with Crippen molar-refractivity contribution in [3.8, 4) is 39.9 Å². The number of fused-ring (bicyclic) bond motifs is 1. The summed E-state index contributed by atoms with van der Waals surface area (Å²) in [5, 5.41) is 11.8. The Hall–Kier alpha value is -5.19. The number of hydrogen-bond acceptors (Lipinski definition) is 13. The summed E-state index contributed by atoms with van der Waals surface area (Å²) in [6.07, 6.45) is 6.33. The van der Waals surface area contributed by atoms with Gasteiger partial charge in [0.25, 0.3) is 0 Å². The molecule has 318 valence electrons. The van der Waals surface area contributed by atoms with Crippen LogP contribution < -0.4 is 14.2 Å². The average molecular weight is 883 g/mol. The number of para-hydroxylation sites is 1. The predicted molar refractivity (Wildman–Crippen MR) is 236 cm³/mol. The number of ether oxygens (including phenoxy) is 3. The Labute approximate surface area is 364 Å². The van der Waals surface area contributed by atoms with Crippen molar-refractivity contribution in [3.05, 3.63) is 107 Å². The first-order chi connectivity index (χ1) is 29.4. The van der Waals surface area contributed by atoms with Gasteiger partial charge in [-0.3, -0.25) is 9.88 Å². The number of pyridine rings is 1. The van der Waals surface area contributed by atoms with Crippen LogP contribution in [-0.4, -0.2) is 107 Å². The van der Waals surface area contributed by atoms with Gasteiger partial charge in [-0.05, 0) is 85.4 Å². The van der Waals surface area contributed by atoms with E-state index in [4.69, 9.17) is 30.8 Å². The predicted octanol–water partition coefficient (Wildman–Crippen LogP) is 7.73. The number of likely N-dealkylation sites (N-methyl/N-ethyl adjacent to an activating group) is 1. The van der Waals surface area contributed by atoms with E-state index in [0.717, 1.165) is 85.3 Å². The number of rotatable bonds is 16. The van der Waals surface area contributed by atoms with Crippen LogP contribution in [0.5, 0.6) is 17.4 Å². The molecule has 1 unspecified atom stereocenters. The monoisotopic (exact) mass is 882 g/mol. The molecule has 1 aliphatic heterocycles.